The van der Waals surface area contributed by atoms with E-state index in [1.165, 1.54) is 5.56 Å². The lowest BCUT2D eigenvalue weighted by atomic mass is 9.96. The lowest BCUT2D eigenvalue weighted by Crippen LogP contribution is -2.01. The SMILES string of the molecule is CC[C@H](c1ccccc1)c1nc2ccc(Cl)cc2[nH]1. The molecule has 19 heavy (non-hydrogen) atoms. The second-order valence-electron chi connectivity index (χ2n) is 4.66. The number of H-pyrrole nitrogens is 1. The smallest absolute Gasteiger partial charge is 0.114 e. The van der Waals surface area contributed by atoms with Gasteiger partial charge in [0.2, 0.25) is 0 Å². The molecule has 1 N–H and O–H groups in total. The van der Waals surface area contributed by atoms with Crippen LogP contribution in [-0.2, 0) is 0 Å². The van der Waals surface area contributed by atoms with Crippen molar-refractivity contribution in [3.05, 3.63) is 64.9 Å². The molecule has 0 aliphatic heterocycles. The van der Waals surface area contributed by atoms with E-state index in [0.717, 1.165) is 28.3 Å². The summed E-state index contributed by atoms with van der Waals surface area (Å²) < 4.78 is 0. The first kappa shape index (κ1) is 12.2. The molecule has 1 atom stereocenters. The molecule has 0 fully saturated rings. The summed E-state index contributed by atoms with van der Waals surface area (Å²) in [5.41, 5.74) is 3.25. The van der Waals surface area contributed by atoms with Crippen molar-refractivity contribution >= 4 is 22.6 Å². The minimum Gasteiger partial charge on any atom is -0.341 e. The number of hydrogen-bond acceptors (Lipinski definition) is 1. The molecule has 0 radical (unpaired) electrons. The second kappa shape index (κ2) is 5.06. The first-order chi connectivity index (χ1) is 9.28. The molecule has 1 heterocycles. The van der Waals surface area contributed by atoms with E-state index in [4.69, 9.17) is 11.6 Å². The number of hydrogen-bond donors (Lipinski definition) is 1. The monoisotopic (exact) mass is 270 g/mol. The standard InChI is InChI=1S/C16H15ClN2/c1-2-13(11-6-4-3-5-7-11)16-18-14-9-8-12(17)10-15(14)19-16/h3-10,13H,2H2,1H3,(H,18,19)/t13-/m1/s1. The summed E-state index contributed by atoms with van der Waals surface area (Å²) in [6, 6.07) is 16.2. The predicted octanol–water partition coefficient (Wildman–Crippen LogP) is 4.76. The number of rotatable bonds is 3. The Kier molecular flexibility index (Phi) is 3.26. The minimum absolute atomic E-state index is 0.298. The summed E-state index contributed by atoms with van der Waals surface area (Å²) >= 11 is 6.01. The van der Waals surface area contributed by atoms with E-state index in [2.05, 4.69) is 41.2 Å². The van der Waals surface area contributed by atoms with Crippen molar-refractivity contribution in [2.75, 3.05) is 0 Å². The molecular weight excluding hydrogens is 256 g/mol. The Morgan fingerprint density at radius 3 is 2.68 bits per heavy atom. The van der Waals surface area contributed by atoms with Gasteiger partial charge in [0.25, 0.3) is 0 Å². The van der Waals surface area contributed by atoms with Gasteiger partial charge in [-0.3, -0.25) is 0 Å². The average molecular weight is 271 g/mol. The van der Waals surface area contributed by atoms with Crippen molar-refractivity contribution in [2.45, 2.75) is 19.3 Å². The van der Waals surface area contributed by atoms with Crippen LogP contribution in [0.1, 0.15) is 30.7 Å². The fraction of sp³-hybridized carbons (Fsp3) is 0.188. The van der Waals surface area contributed by atoms with Gasteiger partial charge in [0.15, 0.2) is 0 Å². The Balaban J connectivity index is 2.07. The highest BCUT2D eigenvalue weighted by molar-refractivity contribution is 6.31. The molecule has 0 aliphatic carbocycles. The van der Waals surface area contributed by atoms with Crippen LogP contribution in [0.4, 0.5) is 0 Å². The molecule has 3 aromatic rings. The number of imidazole rings is 1. The maximum atomic E-state index is 6.01. The van der Waals surface area contributed by atoms with Gasteiger partial charge in [0.1, 0.15) is 5.82 Å². The maximum Gasteiger partial charge on any atom is 0.114 e. The van der Waals surface area contributed by atoms with Crippen molar-refractivity contribution in [1.82, 2.24) is 9.97 Å². The molecule has 0 aliphatic rings. The molecule has 0 saturated heterocycles. The van der Waals surface area contributed by atoms with Crippen molar-refractivity contribution in [2.24, 2.45) is 0 Å². The minimum atomic E-state index is 0.298. The molecule has 2 nitrogen and oxygen atoms in total. The lowest BCUT2D eigenvalue weighted by Gasteiger charge is -2.12. The number of halogens is 1. The highest BCUT2D eigenvalue weighted by Crippen LogP contribution is 2.28. The first-order valence-corrected chi connectivity index (χ1v) is 6.86. The van der Waals surface area contributed by atoms with Crippen LogP contribution in [0, 0.1) is 0 Å². The van der Waals surface area contributed by atoms with E-state index in [1.54, 1.807) is 0 Å². The molecule has 0 amide bonds. The summed E-state index contributed by atoms with van der Waals surface area (Å²) in [7, 11) is 0. The number of nitrogens with one attached hydrogen (secondary N) is 1. The highest BCUT2D eigenvalue weighted by atomic mass is 35.5. The Morgan fingerprint density at radius 2 is 1.95 bits per heavy atom. The Labute approximate surface area is 117 Å². The van der Waals surface area contributed by atoms with E-state index in [1.807, 2.05) is 24.3 Å². The van der Waals surface area contributed by atoms with Gasteiger partial charge in [0, 0.05) is 10.9 Å². The van der Waals surface area contributed by atoms with Crippen LogP contribution in [0.5, 0.6) is 0 Å². The van der Waals surface area contributed by atoms with Crippen LogP contribution >= 0.6 is 11.6 Å². The Bertz CT molecular complexity index is 688. The lowest BCUT2D eigenvalue weighted by molar-refractivity contribution is 0.732. The molecule has 96 valence electrons. The number of fused-ring (bicyclic) bond motifs is 1. The maximum absolute atomic E-state index is 6.01. The van der Waals surface area contributed by atoms with E-state index in [9.17, 15) is 0 Å². The summed E-state index contributed by atoms with van der Waals surface area (Å²) in [6.07, 6.45) is 1.01. The van der Waals surface area contributed by atoms with Gasteiger partial charge in [-0.15, -0.1) is 0 Å². The quantitative estimate of drug-likeness (QED) is 0.730. The topological polar surface area (TPSA) is 28.7 Å². The number of aromatic amines is 1. The number of aromatic nitrogens is 2. The molecule has 1 aromatic heterocycles. The van der Waals surface area contributed by atoms with E-state index < -0.39 is 0 Å². The molecular formula is C16H15ClN2. The second-order valence-corrected chi connectivity index (χ2v) is 5.09. The zero-order chi connectivity index (χ0) is 13.2. The number of benzene rings is 2. The van der Waals surface area contributed by atoms with Crippen LogP contribution in [-0.4, -0.2) is 9.97 Å². The van der Waals surface area contributed by atoms with Gasteiger partial charge in [-0.1, -0.05) is 48.9 Å². The normalized spacial score (nSPS) is 12.7. The van der Waals surface area contributed by atoms with Gasteiger partial charge < -0.3 is 4.98 Å². The summed E-state index contributed by atoms with van der Waals surface area (Å²) in [4.78, 5) is 8.08. The summed E-state index contributed by atoms with van der Waals surface area (Å²) in [5.74, 6) is 1.30. The van der Waals surface area contributed by atoms with Crippen molar-refractivity contribution in [3.8, 4) is 0 Å². The first-order valence-electron chi connectivity index (χ1n) is 6.48. The molecule has 0 spiro atoms. The van der Waals surface area contributed by atoms with Gasteiger partial charge in [0.05, 0.1) is 11.0 Å². The third-order valence-corrected chi connectivity index (χ3v) is 3.64. The van der Waals surface area contributed by atoms with E-state index in [-0.39, 0.29) is 0 Å². The predicted molar refractivity (Wildman–Crippen MR) is 79.7 cm³/mol. The Hall–Kier alpha value is -1.80. The van der Waals surface area contributed by atoms with Crippen LogP contribution in [0.25, 0.3) is 11.0 Å². The molecule has 3 heteroatoms. The molecule has 0 saturated carbocycles. The molecule has 3 rings (SSSR count). The molecule has 0 unspecified atom stereocenters. The fourth-order valence-corrected chi connectivity index (χ4v) is 2.61. The summed E-state index contributed by atoms with van der Waals surface area (Å²) in [6.45, 7) is 2.18. The molecule has 2 aromatic carbocycles. The van der Waals surface area contributed by atoms with E-state index in [0.29, 0.717) is 5.92 Å². The van der Waals surface area contributed by atoms with Gasteiger partial charge >= 0.3 is 0 Å². The van der Waals surface area contributed by atoms with Crippen LogP contribution in [0.2, 0.25) is 5.02 Å². The average Bonchev–Trinajstić information content (AvgIpc) is 2.83. The fourth-order valence-electron chi connectivity index (χ4n) is 2.44. The zero-order valence-corrected chi connectivity index (χ0v) is 11.5. The molecule has 0 bridgehead atoms. The number of nitrogens with zero attached hydrogens (tertiary/aromatic N) is 1. The van der Waals surface area contributed by atoms with Crippen molar-refractivity contribution in [3.63, 3.8) is 0 Å². The van der Waals surface area contributed by atoms with Crippen molar-refractivity contribution < 1.29 is 0 Å². The largest absolute Gasteiger partial charge is 0.341 e. The third kappa shape index (κ3) is 2.36. The third-order valence-electron chi connectivity index (χ3n) is 3.40. The van der Waals surface area contributed by atoms with Crippen LogP contribution in [0.3, 0.4) is 0 Å². The zero-order valence-electron chi connectivity index (χ0n) is 10.7. The van der Waals surface area contributed by atoms with Gasteiger partial charge in [-0.2, -0.15) is 0 Å². The van der Waals surface area contributed by atoms with Crippen molar-refractivity contribution in [1.29, 1.82) is 0 Å². The highest BCUT2D eigenvalue weighted by Gasteiger charge is 2.15. The summed E-state index contributed by atoms with van der Waals surface area (Å²) in [5, 5.41) is 0.732. The van der Waals surface area contributed by atoms with Crippen LogP contribution in [0.15, 0.2) is 48.5 Å². The van der Waals surface area contributed by atoms with Crippen LogP contribution < -0.4 is 0 Å². The Morgan fingerprint density at radius 1 is 1.16 bits per heavy atom. The van der Waals surface area contributed by atoms with Gasteiger partial charge in [-0.05, 0) is 30.2 Å². The van der Waals surface area contributed by atoms with Gasteiger partial charge in [-0.25, -0.2) is 4.98 Å². The van der Waals surface area contributed by atoms with E-state index >= 15 is 0 Å².